The summed E-state index contributed by atoms with van der Waals surface area (Å²) in [7, 11) is 1.56. The summed E-state index contributed by atoms with van der Waals surface area (Å²) in [6.45, 7) is 0. The summed E-state index contributed by atoms with van der Waals surface area (Å²) < 4.78 is 30.5. The molecular formula is C18H16F2N4O2. The van der Waals surface area contributed by atoms with Gasteiger partial charge in [-0.25, -0.2) is 8.78 Å². The first-order valence-corrected chi connectivity index (χ1v) is 7.76. The minimum Gasteiger partial charge on any atom is -0.497 e. The SMILES string of the molecule is COc1ccc([C@H](NC(=O)c2cc(C(F)F)[nH]n2)c2ccncc2)cc1. The van der Waals surface area contributed by atoms with E-state index in [1.807, 2.05) is 12.1 Å². The van der Waals surface area contributed by atoms with Crippen molar-refractivity contribution in [1.82, 2.24) is 20.5 Å². The molecule has 0 aliphatic heterocycles. The van der Waals surface area contributed by atoms with Crippen molar-refractivity contribution in [1.29, 1.82) is 0 Å². The van der Waals surface area contributed by atoms with Gasteiger partial charge in [-0.1, -0.05) is 12.1 Å². The number of nitrogens with zero attached hydrogens (tertiary/aromatic N) is 2. The number of carbonyl (C=O) groups excluding carboxylic acids is 1. The van der Waals surface area contributed by atoms with Crippen LogP contribution in [-0.4, -0.2) is 28.2 Å². The third kappa shape index (κ3) is 3.85. The van der Waals surface area contributed by atoms with Crippen LogP contribution in [0.2, 0.25) is 0 Å². The Morgan fingerprint density at radius 1 is 1.12 bits per heavy atom. The van der Waals surface area contributed by atoms with E-state index in [2.05, 4.69) is 20.5 Å². The number of ether oxygens (including phenoxy) is 1. The molecule has 134 valence electrons. The highest BCUT2D eigenvalue weighted by atomic mass is 19.3. The second kappa shape index (κ2) is 7.73. The number of rotatable bonds is 6. The van der Waals surface area contributed by atoms with E-state index in [9.17, 15) is 13.6 Å². The molecule has 0 unspecified atom stereocenters. The van der Waals surface area contributed by atoms with Crippen LogP contribution in [0, 0.1) is 0 Å². The van der Waals surface area contributed by atoms with Crippen LogP contribution in [0.4, 0.5) is 8.78 Å². The van der Waals surface area contributed by atoms with Crippen LogP contribution in [0.15, 0.2) is 54.9 Å². The number of halogens is 2. The molecule has 1 atom stereocenters. The number of amides is 1. The van der Waals surface area contributed by atoms with Crippen molar-refractivity contribution in [2.75, 3.05) is 7.11 Å². The van der Waals surface area contributed by atoms with Gasteiger partial charge in [0, 0.05) is 12.4 Å². The minimum atomic E-state index is -2.72. The third-order valence-corrected chi connectivity index (χ3v) is 3.83. The summed E-state index contributed by atoms with van der Waals surface area (Å²) in [6.07, 6.45) is 0.504. The fourth-order valence-electron chi connectivity index (χ4n) is 2.48. The van der Waals surface area contributed by atoms with E-state index < -0.39 is 24.1 Å². The lowest BCUT2D eigenvalue weighted by Gasteiger charge is -2.19. The van der Waals surface area contributed by atoms with Gasteiger partial charge in [-0.2, -0.15) is 5.10 Å². The van der Waals surface area contributed by atoms with Gasteiger partial charge >= 0.3 is 0 Å². The molecule has 0 aliphatic rings. The lowest BCUT2D eigenvalue weighted by atomic mass is 9.99. The summed E-state index contributed by atoms with van der Waals surface area (Å²) in [4.78, 5) is 16.5. The first kappa shape index (κ1) is 17.5. The maximum atomic E-state index is 12.7. The summed E-state index contributed by atoms with van der Waals surface area (Å²) in [5, 5.41) is 8.64. The predicted molar refractivity (Wildman–Crippen MR) is 90.1 cm³/mol. The number of aromatic amines is 1. The van der Waals surface area contributed by atoms with Gasteiger partial charge in [0.25, 0.3) is 12.3 Å². The second-order valence-electron chi connectivity index (χ2n) is 5.47. The Labute approximate surface area is 148 Å². The van der Waals surface area contributed by atoms with Gasteiger partial charge in [0.2, 0.25) is 0 Å². The topological polar surface area (TPSA) is 79.9 Å². The van der Waals surface area contributed by atoms with E-state index in [4.69, 9.17) is 4.74 Å². The van der Waals surface area contributed by atoms with Crippen molar-refractivity contribution in [3.8, 4) is 5.75 Å². The van der Waals surface area contributed by atoms with E-state index >= 15 is 0 Å². The maximum absolute atomic E-state index is 12.7. The third-order valence-electron chi connectivity index (χ3n) is 3.83. The molecular weight excluding hydrogens is 342 g/mol. The van der Waals surface area contributed by atoms with Crippen LogP contribution in [0.3, 0.4) is 0 Å². The molecule has 0 saturated carbocycles. The van der Waals surface area contributed by atoms with Crippen molar-refractivity contribution >= 4 is 5.91 Å². The van der Waals surface area contributed by atoms with Crippen molar-refractivity contribution in [2.24, 2.45) is 0 Å². The fourth-order valence-corrected chi connectivity index (χ4v) is 2.48. The zero-order valence-corrected chi connectivity index (χ0v) is 13.8. The quantitative estimate of drug-likeness (QED) is 0.709. The van der Waals surface area contributed by atoms with E-state index in [0.29, 0.717) is 5.75 Å². The average molecular weight is 358 g/mol. The number of benzene rings is 1. The second-order valence-corrected chi connectivity index (χ2v) is 5.47. The Bertz CT molecular complexity index is 866. The Kier molecular flexibility index (Phi) is 5.21. The van der Waals surface area contributed by atoms with Crippen molar-refractivity contribution < 1.29 is 18.3 Å². The Morgan fingerprint density at radius 3 is 2.35 bits per heavy atom. The number of hydrogen-bond acceptors (Lipinski definition) is 4. The van der Waals surface area contributed by atoms with E-state index in [0.717, 1.165) is 17.2 Å². The molecule has 0 aliphatic carbocycles. The number of aromatic nitrogens is 3. The lowest BCUT2D eigenvalue weighted by Crippen LogP contribution is -2.29. The Morgan fingerprint density at radius 2 is 1.77 bits per heavy atom. The number of hydrogen-bond donors (Lipinski definition) is 2. The van der Waals surface area contributed by atoms with Gasteiger partial charge in [0.05, 0.1) is 13.2 Å². The molecule has 0 spiro atoms. The van der Waals surface area contributed by atoms with Gasteiger partial charge in [-0.05, 0) is 41.5 Å². The molecule has 0 fully saturated rings. The van der Waals surface area contributed by atoms with Crippen molar-refractivity contribution in [2.45, 2.75) is 12.5 Å². The molecule has 0 saturated heterocycles. The molecule has 1 amide bonds. The van der Waals surface area contributed by atoms with Gasteiger partial charge in [-0.3, -0.25) is 14.9 Å². The number of nitrogens with one attached hydrogen (secondary N) is 2. The monoisotopic (exact) mass is 358 g/mol. The van der Waals surface area contributed by atoms with E-state index in [-0.39, 0.29) is 5.69 Å². The lowest BCUT2D eigenvalue weighted by molar-refractivity contribution is 0.0938. The number of H-pyrrole nitrogens is 1. The highest BCUT2D eigenvalue weighted by Crippen LogP contribution is 2.24. The number of methoxy groups -OCH3 is 1. The number of carbonyl (C=O) groups is 1. The van der Waals surface area contributed by atoms with E-state index in [1.54, 1.807) is 43.8 Å². The molecule has 0 bridgehead atoms. The predicted octanol–water partition coefficient (Wildman–Crippen LogP) is 3.27. The normalized spacial score (nSPS) is 12.0. The molecule has 2 heterocycles. The maximum Gasteiger partial charge on any atom is 0.279 e. The Hall–Kier alpha value is -3.29. The van der Waals surface area contributed by atoms with Gasteiger partial charge in [0.1, 0.15) is 17.1 Å². The van der Waals surface area contributed by atoms with Gasteiger partial charge in [0.15, 0.2) is 0 Å². The summed E-state index contributed by atoms with van der Waals surface area (Å²) in [5.74, 6) is 0.119. The smallest absolute Gasteiger partial charge is 0.279 e. The summed E-state index contributed by atoms with van der Waals surface area (Å²) >= 11 is 0. The highest BCUT2D eigenvalue weighted by molar-refractivity contribution is 5.92. The van der Waals surface area contributed by atoms with Crippen LogP contribution in [0.1, 0.15) is 39.8 Å². The molecule has 8 heteroatoms. The van der Waals surface area contributed by atoms with Crippen LogP contribution in [0.5, 0.6) is 5.75 Å². The molecule has 3 rings (SSSR count). The standard InChI is InChI=1S/C18H16F2N4O2/c1-26-13-4-2-11(3-5-13)16(12-6-8-21-9-7-12)22-18(25)15-10-14(17(19)20)23-24-15/h2-10,16-17H,1H3,(H,22,25)(H,23,24)/t16-/m0/s1. The number of pyridine rings is 1. The fraction of sp³-hybridized carbons (Fsp3) is 0.167. The summed E-state index contributed by atoms with van der Waals surface area (Å²) in [5.41, 5.74) is 1.09. The minimum absolute atomic E-state index is 0.104. The average Bonchev–Trinajstić information content (AvgIpc) is 3.17. The highest BCUT2D eigenvalue weighted by Gasteiger charge is 2.21. The van der Waals surface area contributed by atoms with Gasteiger partial charge < -0.3 is 10.1 Å². The largest absolute Gasteiger partial charge is 0.497 e. The number of alkyl halides is 2. The zero-order chi connectivity index (χ0) is 18.5. The van der Waals surface area contributed by atoms with E-state index in [1.165, 1.54) is 0 Å². The zero-order valence-electron chi connectivity index (χ0n) is 13.8. The molecule has 1 aromatic carbocycles. The van der Waals surface area contributed by atoms with Crippen molar-refractivity contribution in [3.63, 3.8) is 0 Å². The molecule has 6 nitrogen and oxygen atoms in total. The molecule has 2 N–H and O–H groups in total. The van der Waals surface area contributed by atoms with Crippen LogP contribution in [0.25, 0.3) is 0 Å². The van der Waals surface area contributed by atoms with Crippen molar-refractivity contribution in [3.05, 3.63) is 77.4 Å². The van der Waals surface area contributed by atoms with Crippen LogP contribution >= 0.6 is 0 Å². The molecule has 0 radical (unpaired) electrons. The first-order valence-electron chi connectivity index (χ1n) is 7.76. The van der Waals surface area contributed by atoms with Gasteiger partial charge in [-0.15, -0.1) is 0 Å². The molecule has 2 aromatic heterocycles. The molecule has 26 heavy (non-hydrogen) atoms. The Balaban J connectivity index is 1.88. The first-order chi connectivity index (χ1) is 12.6. The van der Waals surface area contributed by atoms with Crippen LogP contribution in [-0.2, 0) is 0 Å². The molecule has 3 aromatic rings. The summed E-state index contributed by atoms with van der Waals surface area (Å²) in [6, 6.07) is 11.3. The van der Waals surface area contributed by atoms with Crippen LogP contribution < -0.4 is 10.1 Å².